The highest BCUT2D eigenvalue weighted by atomic mass is 35.5. The minimum absolute atomic E-state index is 0.386. The van der Waals surface area contributed by atoms with Crippen molar-refractivity contribution in [3.63, 3.8) is 0 Å². The fraction of sp³-hybridized carbons (Fsp3) is 0.357. The van der Waals surface area contributed by atoms with Gasteiger partial charge in [-0.1, -0.05) is 37.4 Å². The molecule has 0 unspecified atom stereocenters. The lowest BCUT2D eigenvalue weighted by molar-refractivity contribution is 0.461. The molecule has 2 N–H and O–H groups in total. The Morgan fingerprint density at radius 2 is 2.11 bits per heavy atom. The van der Waals surface area contributed by atoms with Crippen molar-refractivity contribution >= 4 is 34.6 Å². The van der Waals surface area contributed by atoms with E-state index >= 15 is 0 Å². The van der Waals surface area contributed by atoms with Crippen molar-refractivity contribution in [2.75, 3.05) is 5.32 Å². The molecule has 2 nitrogen and oxygen atoms in total. The van der Waals surface area contributed by atoms with Gasteiger partial charge in [0.1, 0.15) is 0 Å². The highest BCUT2D eigenvalue weighted by molar-refractivity contribution is 7.80. The number of anilines is 1. The van der Waals surface area contributed by atoms with E-state index < -0.39 is 0 Å². The fourth-order valence-electron chi connectivity index (χ4n) is 1.61. The van der Waals surface area contributed by atoms with E-state index in [1.54, 1.807) is 0 Å². The molecule has 0 fully saturated rings. The molecule has 0 aliphatic heterocycles. The van der Waals surface area contributed by atoms with Crippen LogP contribution in [0.25, 0.3) is 0 Å². The number of thiocarbonyl (C=S) groups is 1. The van der Waals surface area contributed by atoms with E-state index in [1.807, 2.05) is 38.1 Å². The molecule has 18 heavy (non-hydrogen) atoms. The van der Waals surface area contributed by atoms with Gasteiger partial charge in [-0.15, -0.1) is 6.42 Å². The summed E-state index contributed by atoms with van der Waals surface area (Å²) in [5.41, 5.74) is 0.459. The summed E-state index contributed by atoms with van der Waals surface area (Å²) in [7, 11) is 0. The van der Waals surface area contributed by atoms with Gasteiger partial charge in [0.25, 0.3) is 0 Å². The lowest BCUT2D eigenvalue weighted by atomic mass is 9.94. The second kappa shape index (κ2) is 6.63. The third kappa shape index (κ3) is 3.90. The highest BCUT2D eigenvalue weighted by Crippen LogP contribution is 2.17. The Bertz CT molecular complexity index is 461. The maximum Gasteiger partial charge on any atom is 0.171 e. The zero-order chi connectivity index (χ0) is 13.6. The van der Waals surface area contributed by atoms with Crippen LogP contribution in [0.1, 0.15) is 26.7 Å². The smallest absolute Gasteiger partial charge is 0.171 e. The SMILES string of the molecule is C#CC(CC)(CC)NC(=S)Nc1cccc(Cl)c1. The highest BCUT2D eigenvalue weighted by Gasteiger charge is 2.23. The first-order chi connectivity index (χ1) is 8.55. The van der Waals surface area contributed by atoms with Gasteiger partial charge >= 0.3 is 0 Å². The van der Waals surface area contributed by atoms with Crippen LogP contribution in [0.3, 0.4) is 0 Å². The summed E-state index contributed by atoms with van der Waals surface area (Å²) in [5.74, 6) is 2.78. The average Bonchev–Trinajstić information content (AvgIpc) is 2.36. The first-order valence-corrected chi connectivity index (χ1v) is 6.66. The maximum atomic E-state index is 5.91. The largest absolute Gasteiger partial charge is 0.346 e. The standard InChI is InChI=1S/C14H17ClN2S/c1-4-14(5-2,6-3)17-13(18)16-12-9-7-8-11(15)10-12/h1,7-10H,5-6H2,2-3H3,(H2,16,17,18). The van der Waals surface area contributed by atoms with Gasteiger partial charge in [-0.3, -0.25) is 0 Å². The monoisotopic (exact) mass is 280 g/mol. The molecular formula is C14H17ClN2S. The average molecular weight is 281 g/mol. The predicted molar refractivity (Wildman–Crippen MR) is 83.0 cm³/mol. The summed E-state index contributed by atoms with van der Waals surface area (Å²) in [6.07, 6.45) is 7.21. The molecule has 4 heteroatoms. The van der Waals surface area contributed by atoms with Gasteiger partial charge < -0.3 is 10.6 Å². The van der Waals surface area contributed by atoms with Crippen molar-refractivity contribution in [1.82, 2.24) is 5.32 Å². The van der Waals surface area contributed by atoms with Crippen molar-refractivity contribution in [2.24, 2.45) is 0 Å². The third-order valence-electron chi connectivity index (χ3n) is 2.92. The summed E-state index contributed by atoms with van der Waals surface area (Å²) < 4.78 is 0. The lowest BCUT2D eigenvalue weighted by Crippen LogP contribution is -2.48. The Balaban J connectivity index is 2.70. The van der Waals surface area contributed by atoms with Crippen LogP contribution in [-0.4, -0.2) is 10.7 Å². The lowest BCUT2D eigenvalue weighted by Gasteiger charge is -2.28. The number of benzene rings is 1. The van der Waals surface area contributed by atoms with Gasteiger partial charge in [0.15, 0.2) is 5.11 Å². The van der Waals surface area contributed by atoms with Crippen molar-refractivity contribution in [1.29, 1.82) is 0 Å². The normalized spacial score (nSPS) is 10.6. The number of hydrogen-bond acceptors (Lipinski definition) is 1. The van der Waals surface area contributed by atoms with E-state index in [9.17, 15) is 0 Å². The number of hydrogen-bond donors (Lipinski definition) is 2. The summed E-state index contributed by atoms with van der Waals surface area (Å²) in [6.45, 7) is 4.08. The van der Waals surface area contributed by atoms with E-state index in [4.69, 9.17) is 30.2 Å². The summed E-state index contributed by atoms with van der Waals surface area (Å²) in [5, 5.41) is 7.45. The molecule has 0 amide bonds. The zero-order valence-corrected chi connectivity index (χ0v) is 12.2. The first kappa shape index (κ1) is 14.8. The fourth-order valence-corrected chi connectivity index (χ4v) is 2.12. The Labute approximate surface area is 119 Å². The molecule has 1 aromatic rings. The Morgan fingerprint density at radius 3 is 2.61 bits per heavy atom. The zero-order valence-electron chi connectivity index (χ0n) is 10.6. The van der Waals surface area contributed by atoms with E-state index in [-0.39, 0.29) is 5.54 Å². The Hall–Kier alpha value is -1.24. The number of terminal acetylenes is 1. The van der Waals surface area contributed by atoms with Crippen molar-refractivity contribution < 1.29 is 0 Å². The van der Waals surface area contributed by atoms with Gasteiger partial charge in [0, 0.05) is 10.7 Å². The van der Waals surface area contributed by atoms with Gasteiger partial charge in [0.2, 0.25) is 0 Å². The molecule has 0 spiro atoms. The van der Waals surface area contributed by atoms with Gasteiger partial charge in [-0.05, 0) is 43.3 Å². The topological polar surface area (TPSA) is 24.1 Å². The molecule has 0 atom stereocenters. The van der Waals surface area contributed by atoms with E-state index in [1.165, 1.54) is 0 Å². The predicted octanol–water partition coefficient (Wildman–Crippen LogP) is 3.82. The van der Waals surface area contributed by atoms with Gasteiger partial charge in [-0.2, -0.15) is 0 Å². The van der Waals surface area contributed by atoms with Crippen LogP contribution in [0, 0.1) is 12.3 Å². The van der Waals surface area contributed by atoms with Crippen LogP contribution in [0.15, 0.2) is 24.3 Å². The molecule has 0 aromatic heterocycles. The molecule has 0 saturated carbocycles. The molecule has 0 heterocycles. The summed E-state index contributed by atoms with van der Waals surface area (Å²) in [4.78, 5) is 0. The quantitative estimate of drug-likeness (QED) is 0.648. The van der Waals surface area contributed by atoms with Gasteiger partial charge in [0.05, 0.1) is 5.54 Å². The van der Waals surface area contributed by atoms with Crippen molar-refractivity contribution in [2.45, 2.75) is 32.2 Å². The molecule has 1 aromatic carbocycles. The summed E-state index contributed by atoms with van der Waals surface area (Å²) >= 11 is 11.2. The number of halogens is 1. The van der Waals surface area contributed by atoms with Crippen LogP contribution in [0.4, 0.5) is 5.69 Å². The second-order valence-electron chi connectivity index (χ2n) is 4.02. The van der Waals surface area contributed by atoms with Crippen LogP contribution in [0.2, 0.25) is 5.02 Å². The van der Waals surface area contributed by atoms with E-state index in [0.717, 1.165) is 18.5 Å². The number of nitrogens with one attached hydrogen (secondary N) is 2. The molecule has 0 bridgehead atoms. The third-order valence-corrected chi connectivity index (χ3v) is 3.36. The minimum Gasteiger partial charge on any atom is -0.346 e. The Morgan fingerprint density at radius 1 is 1.44 bits per heavy atom. The summed E-state index contributed by atoms with van der Waals surface area (Å²) in [6, 6.07) is 7.38. The van der Waals surface area contributed by atoms with E-state index in [2.05, 4.69) is 16.6 Å². The first-order valence-electron chi connectivity index (χ1n) is 5.87. The molecule has 0 aliphatic carbocycles. The van der Waals surface area contributed by atoms with Crippen LogP contribution >= 0.6 is 23.8 Å². The molecule has 1 rings (SSSR count). The molecule has 0 saturated heterocycles. The maximum absolute atomic E-state index is 5.91. The number of rotatable bonds is 4. The Kier molecular flexibility index (Phi) is 5.46. The molecule has 0 radical (unpaired) electrons. The second-order valence-corrected chi connectivity index (χ2v) is 4.87. The van der Waals surface area contributed by atoms with Crippen molar-refractivity contribution in [3.05, 3.63) is 29.3 Å². The van der Waals surface area contributed by atoms with Crippen LogP contribution < -0.4 is 10.6 Å². The van der Waals surface area contributed by atoms with Crippen LogP contribution in [-0.2, 0) is 0 Å². The van der Waals surface area contributed by atoms with Crippen LogP contribution in [0.5, 0.6) is 0 Å². The van der Waals surface area contributed by atoms with E-state index in [0.29, 0.717) is 10.1 Å². The van der Waals surface area contributed by atoms with Gasteiger partial charge in [-0.25, -0.2) is 0 Å². The molecule has 0 aliphatic rings. The van der Waals surface area contributed by atoms with Crippen molar-refractivity contribution in [3.8, 4) is 12.3 Å². The molecule has 96 valence electrons. The minimum atomic E-state index is -0.386. The molecular weight excluding hydrogens is 264 g/mol.